The van der Waals surface area contributed by atoms with Crippen molar-refractivity contribution in [2.75, 3.05) is 31.9 Å². The van der Waals surface area contributed by atoms with Gasteiger partial charge in [0.25, 0.3) is 0 Å². The molecule has 5 heteroatoms. The number of likely N-dealkylation sites (tertiary alicyclic amines) is 1. The number of guanidine groups is 1. The van der Waals surface area contributed by atoms with Gasteiger partial charge in [-0.15, -0.1) is 35.7 Å². The summed E-state index contributed by atoms with van der Waals surface area (Å²) in [6, 6.07) is 10.7. The average molecular weight is 445 g/mol. The van der Waals surface area contributed by atoms with Crippen molar-refractivity contribution in [2.24, 2.45) is 16.8 Å². The van der Waals surface area contributed by atoms with E-state index in [1.807, 2.05) is 11.8 Å². The smallest absolute Gasteiger partial charge is 0.193 e. The number of thioether (sulfide) groups is 1. The minimum atomic E-state index is 0. The van der Waals surface area contributed by atoms with Crippen LogP contribution < -0.4 is 5.32 Å². The number of hydrogen-bond acceptors (Lipinski definition) is 2. The fourth-order valence-electron chi connectivity index (χ4n) is 2.83. The molecule has 0 radical (unpaired) electrons. The Hall–Kier alpha value is -0.430. The Kier molecular flexibility index (Phi) is 8.03. The van der Waals surface area contributed by atoms with Crippen molar-refractivity contribution >= 4 is 41.7 Å². The number of benzene rings is 1. The van der Waals surface area contributed by atoms with E-state index in [1.54, 1.807) is 0 Å². The lowest BCUT2D eigenvalue weighted by atomic mass is 10.2. The number of aliphatic imine (C=N–C) groups is 1. The molecular weight excluding hydrogens is 417 g/mol. The predicted molar refractivity (Wildman–Crippen MR) is 111 cm³/mol. The number of halogens is 1. The fourth-order valence-corrected chi connectivity index (χ4v) is 3.88. The minimum absolute atomic E-state index is 0. The van der Waals surface area contributed by atoms with E-state index in [9.17, 15) is 0 Å². The van der Waals surface area contributed by atoms with Crippen LogP contribution in [0.5, 0.6) is 0 Å². The summed E-state index contributed by atoms with van der Waals surface area (Å²) in [6.45, 7) is 6.43. The third kappa shape index (κ3) is 6.18. The average Bonchev–Trinajstić information content (AvgIpc) is 3.26. The Morgan fingerprint density at radius 2 is 2.00 bits per heavy atom. The molecule has 1 aliphatic heterocycles. The van der Waals surface area contributed by atoms with Gasteiger partial charge in [0.15, 0.2) is 5.96 Å². The maximum absolute atomic E-state index is 4.83. The van der Waals surface area contributed by atoms with E-state index in [-0.39, 0.29) is 24.0 Å². The molecule has 1 N–H and O–H groups in total. The lowest BCUT2D eigenvalue weighted by molar-refractivity contribution is 0.474. The van der Waals surface area contributed by atoms with Crippen LogP contribution in [0.4, 0.5) is 0 Å². The first-order valence-corrected chi connectivity index (χ1v) is 9.55. The highest BCUT2D eigenvalue weighted by Crippen LogP contribution is 2.29. The first-order valence-electron chi connectivity index (χ1n) is 8.56. The van der Waals surface area contributed by atoms with Crippen molar-refractivity contribution in [3.8, 4) is 0 Å². The molecule has 1 atom stereocenters. The molecule has 1 aromatic carbocycles. The molecule has 0 amide bonds. The van der Waals surface area contributed by atoms with Gasteiger partial charge in [0.05, 0.1) is 0 Å². The highest BCUT2D eigenvalue weighted by atomic mass is 127. The monoisotopic (exact) mass is 445 g/mol. The Morgan fingerprint density at radius 1 is 1.22 bits per heavy atom. The van der Waals surface area contributed by atoms with Gasteiger partial charge in [0.1, 0.15) is 0 Å². The molecule has 23 heavy (non-hydrogen) atoms. The van der Waals surface area contributed by atoms with Crippen LogP contribution in [0.2, 0.25) is 0 Å². The van der Waals surface area contributed by atoms with Gasteiger partial charge >= 0.3 is 0 Å². The summed E-state index contributed by atoms with van der Waals surface area (Å²) in [5.74, 6) is 3.99. The molecular formula is C18H28IN3S. The molecule has 1 saturated carbocycles. The zero-order chi connectivity index (χ0) is 15.2. The molecule has 1 heterocycles. The second kappa shape index (κ2) is 9.77. The van der Waals surface area contributed by atoms with Gasteiger partial charge in [0, 0.05) is 36.8 Å². The highest BCUT2D eigenvalue weighted by Gasteiger charge is 2.26. The summed E-state index contributed by atoms with van der Waals surface area (Å²) in [5.41, 5.74) is 0. The Bertz CT molecular complexity index is 490. The summed E-state index contributed by atoms with van der Waals surface area (Å²) >= 11 is 1.99. The van der Waals surface area contributed by atoms with Gasteiger partial charge in [-0.3, -0.25) is 4.99 Å². The first kappa shape index (κ1) is 18.9. The molecule has 1 aliphatic carbocycles. The fraction of sp³-hybridized carbons (Fsp3) is 0.611. The van der Waals surface area contributed by atoms with Crippen molar-refractivity contribution in [1.82, 2.24) is 10.2 Å². The number of nitrogens with zero attached hydrogens (tertiary/aromatic N) is 2. The van der Waals surface area contributed by atoms with Crippen molar-refractivity contribution in [2.45, 2.75) is 31.1 Å². The third-order valence-electron chi connectivity index (χ3n) is 4.35. The van der Waals surface area contributed by atoms with Gasteiger partial charge in [-0.2, -0.15) is 0 Å². The van der Waals surface area contributed by atoms with Gasteiger partial charge in [-0.1, -0.05) is 18.2 Å². The van der Waals surface area contributed by atoms with Crippen molar-refractivity contribution in [3.05, 3.63) is 30.3 Å². The maximum atomic E-state index is 4.83. The molecule has 3 rings (SSSR count). The van der Waals surface area contributed by atoms with Gasteiger partial charge in [0.2, 0.25) is 0 Å². The van der Waals surface area contributed by atoms with Gasteiger partial charge < -0.3 is 10.2 Å². The summed E-state index contributed by atoms with van der Waals surface area (Å²) in [5, 5.41) is 3.47. The topological polar surface area (TPSA) is 27.6 Å². The van der Waals surface area contributed by atoms with Crippen LogP contribution >= 0.6 is 35.7 Å². The molecule has 1 saturated heterocycles. The lowest BCUT2D eigenvalue weighted by Gasteiger charge is -2.21. The second-order valence-electron chi connectivity index (χ2n) is 6.36. The number of nitrogens with one attached hydrogen (secondary N) is 1. The van der Waals surface area contributed by atoms with Gasteiger partial charge in [-0.25, -0.2) is 0 Å². The van der Waals surface area contributed by atoms with E-state index in [4.69, 9.17) is 4.99 Å². The van der Waals surface area contributed by atoms with Crippen LogP contribution in [-0.2, 0) is 0 Å². The molecule has 1 aromatic rings. The van der Waals surface area contributed by atoms with Crippen LogP contribution in [0.3, 0.4) is 0 Å². The highest BCUT2D eigenvalue weighted by molar-refractivity contribution is 14.0. The zero-order valence-corrected chi connectivity index (χ0v) is 17.1. The SMILES string of the molecule is CCNC(=NCC1CC1)N1CCC(CSc2ccccc2)C1.I. The van der Waals surface area contributed by atoms with Crippen molar-refractivity contribution in [3.63, 3.8) is 0 Å². The molecule has 2 fully saturated rings. The Labute approximate surface area is 161 Å². The van der Waals surface area contributed by atoms with E-state index in [0.29, 0.717) is 0 Å². The van der Waals surface area contributed by atoms with E-state index >= 15 is 0 Å². The van der Waals surface area contributed by atoms with Crippen LogP contribution in [0, 0.1) is 11.8 Å². The van der Waals surface area contributed by atoms with E-state index in [2.05, 4.69) is 47.5 Å². The minimum Gasteiger partial charge on any atom is -0.357 e. The van der Waals surface area contributed by atoms with Crippen LogP contribution in [0.15, 0.2) is 40.2 Å². The number of rotatable bonds is 6. The Balaban J connectivity index is 0.00000192. The van der Waals surface area contributed by atoms with Crippen LogP contribution in [0.25, 0.3) is 0 Å². The Morgan fingerprint density at radius 3 is 2.70 bits per heavy atom. The van der Waals surface area contributed by atoms with Crippen LogP contribution in [0.1, 0.15) is 26.2 Å². The number of hydrogen-bond donors (Lipinski definition) is 1. The zero-order valence-electron chi connectivity index (χ0n) is 13.9. The first-order chi connectivity index (χ1) is 10.8. The largest absolute Gasteiger partial charge is 0.357 e. The molecule has 0 spiro atoms. The summed E-state index contributed by atoms with van der Waals surface area (Å²) in [4.78, 5) is 8.68. The molecule has 128 valence electrons. The molecule has 0 bridgehead atoms. The lowest BCUT2D eigenvalue weighted by Crippen LogP contribution is -2.40. The van der Waals surface area contributed by atoms with E-state index in [1.165, 1.54) is 29.9 Å². The third-order valence-corrected chi connectivity index (χ3v) is 5.59. The summed E-state index contributed by atoms with van der Waals surface area (Å²) in [7, 11) is 0. The molecule has 0 aromatic heterocycles. The molecule has 3 nitrogen and oxygen atoms in total. The van der Waals surface area contributed by atoms with Crippen LogP contribution in [-0.4, -0.2) is 42.8 Å². The van der Waals surface area contributed by atoms with Crippen molar-refractivity contribution in [1.29, 1.82) is 0 Å². The molecule has 1 unspecified atom stereocenters. The predicted octanol–water partition coefficient (Wildman–Crippen LogP) is 4.09. The maximum Gasteiger partial charge on any atom is 0.193 e. The quantitative estimate of drug-likeness (QED) is 0.309. The summed E-state index contributed by atoms with van der Waals surface area (Å²) < 4.78 is 0. The van der Waals surface area contributed by atoms with E-state index in [0.717, 1.165) is 44.0 Å². The normalized spacial score (nSPS) is 21.2. The van der Waals surface area contributed by atoms with E-state index < -0.39 is 0 Å². The second-order valence-corrected chi connectivity index (χ2v) is 7.46. The standard InChI is InChI=1S/C18H27N3S.HI/c1-2-19-18(20-12-15-8-9-15)21-11-10-16(13-21)14-22-17-6-4-3-5-7-17;/h3-7,15-16H,2,8-14H2,1H3,(H,19,20);1H. The summed E-state index contributed by atoms with van der Waals surface area (Å²) in [6.07, 6.45) is 4.03. The van der Waals surface area contributed by atoms with Crippen molar-refractivity contribution < 1.29 is 0 Å². The van der Waals surface area contributed by atoms with Gasteiger partial charge in [-0.05, 0) is 50.2 Å². The molecule has 2 aliphatic rings.